The van der Waals surface area contributed by atoms with Gasteiger partial charge in [0.1, 0.15) is 0 Å². The molecule has 2 rings (SSSR count). The van der Waals surface area contributed by atoms with Crippen LogP contribution in [0.2, 0.25) is 13.6 Å². The molecule has 0 bridgehead atoms. The maximum absolute atomic E-state index is 12.1. The van der Waals surface area contributed by atoms with Gasteiger partial charge in [0.25, 0.3) is 11.8 Å². The van der Waals surface area contributed by atoms with Crippen molar-refractivity contribution in [3.63, 3.8) is 0 Å². The first-order valence-corrected chi connectivity index (χ1v) is 10.1. The summed E-state index contributed by atoms with van der Waals surface area (Å²) in [5, 5.41) is 8.86. The summed E-state index contributed by atoms with van der Waals surface area (Å²) < 4.78 is 9.52. The molecule has 7 N–H and O–H groups in total. The lowest BCUT2D eigenvalue weighted by molar-refractivity contribution is 0.0948. The molecule has 31 heavy (non-hydrogen) atoms. The molecule has 0 saturated heterocycles. The van der Waals surface area contributed by atoms with Crippen LogP contribution in [0.15, 0.2) is 48.5 Å². The summed E-state index contributed by atoms with van der Waals surface area (Å²) in [6.07, 6.45) is 0. The lowest BCUT2D eigenvalue weighted by atomic mass is 9.64. The van der Waals surface area contributed by atoms with E-state index in [-0.39, 0.29) is 25.6 Å². The van der Waals surface area contributed by atoms with Crippen molar-refractivity contribution in [1.29, 1.82) is 0 Å². The number of hydrogen-bond donors (Lipinski definition) is 5. The average Bonchev–Trinajstić information content (AvgIpc) is 2.82. The Hall–Kier alpha value is -2.69. The summed E-state index contributed by atoms with van der Waals surface area (Å²) >= 11 is 0. The van der Waals surface area contributed by atoms with Crippen LogP contribution in [0.3, 0.4) is 0 Å². The first kappa shape index (κ1) is 24.6. The highest BCUT2D eigenvalue weighted by Crippen LogP contribution is 1.99. The molecule has 0 fully saturated rings. The van der Waals surface area contributed by atoms with Gasteiger partial charge in [0, 0.05) is 37.3 Å². The molecule has 2 amide bonds. The molecule has 0 heterocycles. The second-order valence-corrected chi connectivity index (χ2v) is 7.06. The molecule has 0 aliphatic heterocycles. The Labute approximate surface area is 183 Å². The highest BCUT2D eigenvalue weighted by molar-refractivity contribution is 6.66. The fourth-order valence-corrected chi connectivity index (χ4v) is 2.83. The Morgan fingerprint density at radius 1 is 0.710 bits per heavy atom. The molecule has 0 unspecified atom stereocenters. The first-order chi connectivity index (χ1) is 15.0. The molecule has 0 aliphatic carbocycles. The minimum atomic E-state index is -0.226. The van der Waals surface area contributed by atoms with E-state index in [9.17, 15) is 9.59 Å². The van der Waals surface area contributed by atoms with Gasteiger partial charge in [0.2, 0.25) is 0 Å². The van der Waals surface area contributed by atoms with Gasteiger partial charge in [-0.05, 0) is 35.2 Å². The van der Waals surface area contributed by atoms with Crippen LogP contribution in [0.1, 0.15) is 20.7 Å². The largest absolute Gasteiger partial charge is 0.360 e. The van der Waals surface area contributed by atoms with Crippen LogP contribution in [0.5, 0.6) is 0 Å². The molecule has 0 atom stereocenters. The van der Waals surface area contributed by atoms with E-state index < -0.39 is 0 Å². The quantitative estimate of drug-likeness (QED) is 0.165. The molecule has 0 aromatic heterocycles. The lowest BCUT2D eigenvalue weighted by Gasteiger charge is -2.10. The van der Waals surface area contributed by atoms with Crippen LogP contribution < -0.4 is 38.7 Å². The Morgan fingerprint density at radius 2 is 1.06 bits per heavy atom. The molecule has 11 heteroatoms. The van der Waals surface area contributed by atoms with Gasteiger partial charge in [-0.15, -0.1) is 0 Å². The van der Waals surface area contributed by atoms with E-state index in [1.54, 1.807) is 24.3 Å². The van der Waals surface area contributed by atoms with Gasteiger partial charge in [0.15, 0.2) is 0 Å². The standard InChI is InChI=1S/C20H29B2N5O4/c1-21(30-23)17-7-3-15(4-8-17)19(28)26-13-11-25-12-14-27-20(29)16-5-9-18(10-6-16)22(2)31-24/h3-10,25H,11-14,23-24H2,1-2H3,(H,26,28)(H,27,29). The SMILES string of the molecule is CB(ON)c1ccc(C(=O)NCCNCCNC(=O)c2ccc(B(C)ON)cc2)cc1. The molecule has 9 nitrogen and oxygen atoms in total. The van der Waals surface area contributed by atoms with Gasteiger partial charge in [-0.25, -0.2) is 11.8 Å². The summed E-state index contributed by atoms with van der Waals surface area (Å²) in [6.45, 7) is 5.33. The summed E-state index contributed by atoms with van der Waals surface area (Å²) in [4.78, 5) is 24.3. The zero-order valence-corrected chi connectivity index (χ0v) is 17.9. The Bertz CT molecular complexity index is 767. The summed E-state index contributed by atoms with van der Waals surface area (Å²) in [6, 6.07) is 14.2. The molecule has 0 aliphatic rings. The Kier molecular flexibility index (Phi) is 10.2. The molecule has 164 valence electrons. The number of hydrogen-bond acceptors (Lipinski definition) is 7. The van der Waals surface area contributed by atoms with Crippen molar-refractivity contribution in [1.82, 2.24) is 16.0 Å². The van der Waals surface area contributed by atoms with Gasteiger partial charge in [0.05, 0.1) is 0 Å². The molecule has 0 radical (unpaired) electrons. The Morgan fingerprint density at radius 3 is 1.39 bits per heavy atom. The third-order valence-electron chi connectivity index (χ3n) is 4.87. The van der Waals surface area contributed by atoms with E-state index in [1.165, 1.54) is 0 Å². The molecule has 0 saturated carbocycles. The van der Waals surface area contributed by atoms with Gasteiger partial charge in [-0.2, -0.15) is 0 Å². The zero-order chi connectivity index (χ0) is 22.6. The van der Waals surface area contributed by atoms with Crippen LogP contribution in [-0.2, 0) is 9.51 Å². The van der Waals surface area contributed by atoms with E-state index in [2.05, 4.69) is 16.0 Å². The number of carbonyl (C=O) groups excluding carboxylic acids is 2. The summed E-state index contributed by atoms with van der Waals surface area (Å²) in [7, 11) is 0. The zero-order valence-electron chi connectivity index (χ0n) is 17.9. The predicted octanol–water partition coefficient (Wildman–Crippen LogP) is -1.13. The van der Waals surface area contributed by atoms with Gasteiger partial charge >= 0.3 is 13.8 Å². The third kappa shape index (κ3) is 7.82. The van der Waals surface area contributed by atoms with E-state index in [1.807, 2.05) is 37.9 Å². The molecule has 2 aromatic carbocycles. The number of nitrogens with one attached hydrogen (secondary N) is 3. The second kappa shape index (κ2) is 12.9. The first-order valence-electron chi connectivity index (χ1n) is 10.1. The average molecular weight is 425 g/mol. The van der Waals surface area contributed by atoms with E-state index in [0.717, 1.165) is 10.9 Å². The van der Waals surface area contributed by atoms with Crippen molar-refractivity contribution in [2.75, 3.05) is 26.2 Å². The van der Waals surface area contributed by atoms with Gasteiger partial charge in [-0.1, -0.05) is 37.9 Å². The monoisotopic (exact) mass is 425 g/mol. The van der Waals surface area contributed by atoms with Crippen molar-refractivity contribution in [3.05, 3.63) is 59.7 Å². The molecule has 0 spiro atoms. The number of benzene rings is 2. The van der Waals surface area contributed by atoms with Crippen LogP contribution in [0.4, 0.5) is 0 Å². The third-order valence-corrected chi connectivity index (χ3v) is 4.87. The summed E-state index contributed by atoms with van der Waals surface area (Å²) in [5.74, 6) is 10.0. The van der Waals surface area contributed by atoms with E-state index in [4.69, 9.17) is 21.3 Å². The number of nitrogens with two attached hydrogens (primary N) is 2. The lowest BCUT2D eigenvalue weighted by Crippen LogP contribution is -2.37. The van der Waals surface area contributed by atoms with E-state index >= 15 is 0 Å². The fourth-order valence-electron chi connectivity index (χ4n) is 2.83. The van der Waals surface area contributed by atoms with Gasteiger partial charge < -0.3 is 25.5 Å². The second-order valence-electron chi connectivity index (χ2n) is 7.06. The van der Waals surface area contributed by atoms with Crippen LogP contribution in [0.25, 0.3) is 0 Å². The smallest absolute Gasteiger partial charge is 0.350 e. The van der Waals surface area contributed by atoms with Crippen molar-refractivity contribution in [2.45, 2.75) is 13.6 Å². The van der Waals surface area contributed by atoms with Crippen molar-refractivity contribution in [3.8, 4) is 0 Å². The van der Waals surface area contributed by atoms with E-state index in [0.29, 0.717) is 37.3 Å². The summed E-state index contributed by atoms with van der Waals surface area (Å²) in [5.41, 5.74) is 2.94. The van der Waals surface area contributed by atoms with Crippen LogP contribution in [0, 0.1) is 0 Å². The predicted molar refractivity (Wildman–Crippen MR) is 123 cm³/mol. The molecular weight excluding hydrogens is 396 g/mol. The van der Waals surface area contributed by atoms with Crippen molar-refractivity contribution >= 4 is 36.6 Å². The highest BCUT2D eigenvalue weighted by Gasteiger charge is 2.13. The van der Waals surface area contributed by atoms with Crippen LogP contribution >= 0.6 is 0 Å². The maximum Gasteiger partial charge on any atom is 0.350 e. The van der Waals surface area contributed by atoms with Gasteiger partial charge in [-0.3, -0.25) is 9.59 Å². The Balaban J connectivity index is 1.60. The molecule has 2 aromatic rings. The van der Waals surface area contributed by atoms with Crippen molar-refractivity contribution < 1.29 is 19.1 Å². The number of rotatable bonds is 12. The van der Waals surface area contributed by atoms with Crippen molar-refractivity contribution in [2.24, 2.45) is 11.8 Å². The topological polar surface area (TPSA) is 141 Å². The maximum atomic E-state index is 12.1. The molecular formula is C20H29B2N5O4. The minimum absolute atomic E-state index is 0.152. The fraction of sp³-hybridized carbons (Fsp3) is 0.300. The van der Waals surface area contributed by atoms with Crippen LogP contribution in [-0.4, -0.2) is 51.8 Å². The highest BCUT2D eigenvalue weighted by atomic mass is 16.6. The normalized spacial score (nSPS) is 10.5. The number of amides is 2. The number of carbonyl (C=O) groups is 2. The minimum Gasteiger partial charge on any atom is -0.360 e.